The second-order valence-electron chi connectivity index (χ2n) is 5.41. The number of nitrogens with zero attached hydrogens (tertiary/aromatic N) is 2. The van der Waals surface area contributed by atoms with Crippen LogP contribution in [0.25, 0.3) is 0 Å². The normalized spacial score (nSPS) is 18.5. The predicted octanol–water partition coefficient (Wildman–Crippen LogP) is 2.08. The summed E-state index contributed by atoms with van der Waals surface area (Å²) in [6.45, 7) is 3.14. The fourth-order valence-corrected chi connectivity index (χ4v) is 4.03. The van der Waals surface area contributed by atoms with E-state index in [9.17, 15) is 12.8 Å². The van der Waals surface area contributed by atoms with Crippen LogP contribution in [0.2, 0.25) is 0 Å². The lowest BCUT2D eigenvalue weighted by Crippen LogP contribution is -2.36. The fraction of sp³-hybridized carbons (Fsp3) is 0.533. The molecule has 5 nitrogen and oxygen atoms in total. The van der Waals surface area contributed by atoms with Crippen molar-refractivity contribution in [3.63, 3.8) is 0 Å². The first-order chi connectivity index (χ1) is 10.4. The van der Waals surface area contributed by atoms with Crippen LogP contribution >= 0.6 is 0 Å². The van der Waals surface area contributed by atoms with Crippen LogP contribution < -0.4 is 0 Å². The number of ether oxygens (including phenoxy) is 1. The molecule has 0 aliphatic carbocycles. The molecule has 1 aliphatic rings. The summed E-state index contributed by atoms with van der Waals surface area (Å²) < 4.78 is 45.4. The minimum atomic E-state index is -3.74. The van der Waals surface area contributed by atoms with Gasteiger partial charge in [-0.3, -0.25) is 0 Å². The molecule has 1 unspecified atom stereocenters. The Balaban J connectivity index is 2.26. The van der Waals surface area contributed by atoms with Gasteiger partial charge in [0, 0.05) is 26.1 Å². The quantitative estimate of drug-likeness (QED) is 0.802. The highest BCUT2D eigenvalue weighted by Gasteiger charge is 2.29. The molecule has 0 bridgehead atoms. The lowest BCUT2D eigenvalue weighted by atomic mass is 10.1. The number of halogens is 1. The van der Waals surface area contributed by atoms with Gasteiger partial charge in [-0.25, -0.2) is 12.8 Å². The summed E-state index contributed by atoms with van der Waals surface area (Å²) in [6.07, 6.45) is 0.925. The Hall–Kier alpha value is -1.49. The third-order valence-corrected chi connectivity index (χ3v) is 5.59. The Labute approximate surface area is 130 Å². The predicted molar refractivity (Wildman–Crippen MR) is 79.1 cm³/mol. The molecule has 120 valence electrons. The van der Waals surface area contributed by atoms with E-state index in [4.69, 9.17) is 10.00 Å². The van der Waals surface area contributed by atoms with Crippen LogP contribution in [0.4, 0.5) is 4.39 Å². The number of hydrogen-bond donors (Lipinski definition) is 0. The largest absolute Gasteiger partial charge is 0.381 e. The monoisotopic (exact) mass is 326 g/mol. The molecule has 7 heteroatoms. The van der Waals surface area contributed by atoms with Gasteiger partial charge in [0.25, 0.3) is 0 Å². The van der Waals surface area contributed by atoms with E-state index in [-0.39, 0.29) is 29.3 Å². The molecule has 0 radical (unpaired) electrons. The maximum absolute atomic E-state index is 13.4. The van der Waals surface area contributed by atoms with Crippen LogP contribution in [-0.4, -0.2) is 39.0 Å². The minimum absolute atomic E-state index is 0.0586. The molecule has 0 N–H and O–H groups in total. The Morgan fingerprint density at radius 2 is 2.27 bits per heavy atom. The Kier molecular flexibility index (Phi) is 5.51. The zero-order valence-electron chi connectivity index (χ0n) is 12.5. The number of aryl methyl sites for hydroxylation is 1. The second-order valence-corrected chi connectivity index (χ2v) is 7.35. The van der Waals surface area contributed by atoms with Gasteiger partial charge in [-0.05, 0) is 43.0 Å². The minimum Gasteiger partial charge on any atom is -0.381 e. The van der Waals surface area contributed by atoms with Crippen LogP contribution in [-0.2, 0) is 14.8 Å². The van der Waals surface area contributed by atoms with Gasteiger partial charge in [-0.2, -0.15) is 9.57 Å². The van der Waals surface area contributed by atoms with Gasteiger partial charge in [0.2, 0.25) is 10.0 Å². The molecule has 1 atom stereocenters. The first kappa shape index (κ1) is 16.9. The molecule has 1 fully saturated rings. The van der Waals surface area contributed by atoms with Crippen LogP contribution in [0.5, 0.6) is 0 Å². The van der Waals surface area contributed by atoms with Crippen molar-refractivity contribution >= 4 is 10.0 Å². The number of benzene rings is 1. The molecule has 1 aliphatic heterocycles. The summed E-state index contributed by atoms with van der Waals surface area (Å²) >= 11 is 0. The zero-order chi connectivity index (χ0) is 16.2. The lowest BCUT2D eigenvalue weighted by molar-refractivity contribution is 0.180. The Morgan fingerprint density at radius 3 is 2.86 bits per heavy atom. The lowest BCUT2D eigenvalue weighted by Gasteiger charge is -2.24. The standard InChI is InChI=1S/C15H19FN2O3S/c1-12-9-14(3-4-15(12)16)22(19,20)18(7-2-6-17)10-13-5-8-21-11-13/h3-4,9,13H,2,5,7-8,10-11H2,1H3. The van der Waals surface area contributed by atoms with E-state index in [1.54, 1.807) is 0 Å². The average molecular weight is 326 g/mol. The second kappa shape index (κ2) is 7.18. The summed E-state index contributed by atoms with van der Waals surface area (Å²) in [5.41, 5.74) is 0.283. The third-order valence-electron chi connectivity index (χ3n) is 3.73. The van der Waals surface area contributed by atoms with E-state index in [0.29, 0.717) is 19.8 Å². The Bertz CT molecular complexity index is 664. The average Bonchev–Trinajstić information content (AvgIpc) is 2.99. The highest BCUT2D eigenvalue weighted by Crippen LogP contribution is 2.22. The van der Waals surface area contributed by atoms with E-state index in [0.717, 1.165) is 12.5 Å². The maximum Gasteiger partial charge on any atom is 0.243 e. The van der Waals surface area contributed by atoms with Gasteiger partial charge in [-0.1, -0.05) is 0 Å². The van der Waals surface area contributed by atoms with Gasteiger partial charge in [0.05, 0.1) is 17.6 Å². The molecular weight excluding hydrogens is 307 g/mol. The maximum atomic E-state index is 13.4. The smallest absolute Gasteiger partial charge is 0.243 e. The molecule has 1 saturated heterocycles. The molecule has 0 spiro atoms. The van der Waals surface area contributed by atoms with Crippen molar-refractivity contribution in [2.75, 3.05) is 26.3 Å². The van der Waals surface area contributed by atoms with E-state index in [1.807, 2.05) is 6.07 Å². The summed E-state index contributed by atoms with van der Waals surface area (Å²) in [7, 11) is -3.74. The van der Waals surface area contributed by atoms with Crippen LogP contribution in [0.15, 0.2) is 23.1 Å². The van der Waals surface area contributed by atoms with Gasteiger partial charge in [-0.15, -0.1) is 0 Å². The van der Waals surface area contributed by atoms with E-state index in [2.05, 4.69) is 0 Å². The fourth-order valence-electron chi connectivity index (χ4n) is 2.43. The molecular formula is C15H19FN2O3S. The first-order valence-electron chi connectivity index (χ1n) is 7.16. The zero-order valence-corrected chi connectivity index (χ0v) is 13.3. The van der Waals surface area contributed by atoms with Crippen LogP contribution in [0, 0.1) is 30.0 Å². The topological polar surface area (TPSA) is 70.4 Å². The van der Waals surface area contributed by atoms with Crippen molar-refractivity contribution in [1.82, 2.24) is 4.31 Å². The van der Waals surface area contributed by atoms with Crippen molar-refractivity contribution in [3.8, 4) is 6.07 Å². The molecule has 1 aromatic rings. The molecule has 0 aromatic heterocycles. The molecule has 0 amide bonds. The van der Waals surface area contributed by atoms with Crippen LogP contribution in [0.1, 0.15) is 18.4 Å². The molecule has 2 rings (SSSR count). The van der Waals surface area contributed by atoms with Gasteiger partial charge in [0.1, 0.15) is 5.82 Å². The third kappa shape index (κ3) is 3.83. The number of nitriles is 1. The first-order valence-corrected chi connectivity index (χ1v) is 8.60. The molecule has 1 heterocycles. The van der Waals surface area contributed by atoms with Crippen molar-refractivity contribution in [2.24, 2.45) is 5.92 Å². The summed E-state index contributed by atoms with van der Waals surface area (Å²) in [5.74, 6) is -0.304. The number of rotatable bonds is 6. The molecule has 0 saturated carbocycles. The van der Waals surface area contributed by atoms with Crippen molar-refractivity contribution in [3.05, 3.63) is 29.6 Å². The van der Waals surface area contributed by atoms with Gasteiger partial charge >= 0.3 is 0 Å². The highest BCUT2D eigenvalue weighted by atomic mass is 32.2. The van der Waals surface area contributed by atoms with E-state index < -0.39 is 15.8 Å². The summed E-state index contributed by atoms with van der Waals surface area (Å²) in [6, 6.07) is 5.72. The summed E-state index contributed by atoms with van der Waals surface area (Å²) in [5, 5.41) is 8.75. The van der Waals surface area contributed by atoms with Crippen molar-refractivity contribution in [1.29, 1.82) is 5.26 Å². The number of hydrogen-bond acceptors (Lipinski definition) is 4. The van der Waals surface area contributed by atoms with Crippen molar-refractivity contribution < 1.29 is 17.5 Å². The Morgan fingerprint density at radius 1 is 1.50 bits per heavy atom. The summed E-state index contributed by atoms with van der Waals surface area (Å²) in [4.78, 5) is 0.0586. The highest BCUT2D eigenvalue weighted by molar-refractivity contribution is 7.89. The van der Waals surface area contributed by atoms with Crippen molar-refractivity contribution in [2.45, 2.75) is 24.7 Å². The van der Waals surface area contributed by atoms with Gasteiger partial charge in [0.15, 0.2) is 0 Å². The van der Waals surface area contributed by atoms with Crippen LogP contribution in [0.3, 0.4) is 0 Å². The molecule has 22 heavy (non-hydrogen) atoms. The van der Waals surface area contributed by atoms with E-state index in [1.165, 1.54) is 23.4 Å². The number of sulfonamides is 1. The SMILES string of the molecule is Cc1cc(S(=O)(=O)N(CCC#N)CC2CCOC2)ccc1F. The van der Waals surface area contributed by atoms with E-state index >= 15 is 0 Å². The van der Waals surface area contributed by atoms with Gasteiger partial charge < -0.3 is 4.74 Å². The molecule has 1 aromatic carbocycles.